The Balaban J connectivity index is 2.13. The second-order valence-electron chi connectivity index (χ2n) is 3.53. The van der Waals surface area contributed by atoms with Gasteiger partial charge >= 0.3 is 0 Å². The van der Waals surface area contributed by atoms with Crippen molar-refractivity contribution in [3.8, 4) is 5.75 Å². The molecule has 1 aliphatic rings. The van der Waals surface area contributed by atoms with Crippen molar-refractivity contribution in [2.24, 2.45) is 0 Å². The Kier molecular flexibility index (Phi) is 3.63. The fourth-order valence-corrected chi connectivity index (χ4v) is 1.83. The minimum atomic E-state index is -0.193. The zero-order chi connectivity index (χ0) is 12.3. The molecule has 0 fully saturated rings. The molecule has 0 radical (unpaired) electrons. The molecule has 0 unspecified atom stereocenters. The summed E-state index contributed by atoms with van der Waals surface area (Å²) in [4.78, 5) is 22.5. The van der Waals surface area contributed by atoms with Crippen LogP contribution < -0.4 is 15.4 Å². The summed E-state index contributed by atoms with van der Waals surface area (Å²) in [6.07, 6.45) is 0.403. The standard InChI is InChI=1S/C11H11BrN2O3/c12-4-3-10(15)13-7-1-2-9-8(5-7)14-11(16)6-17-9/h1-2,5H,3-4,6H2,(H,13,15)(H,14,16). The number of benzene rings is 1. The first kappa shape index (κ1) is 11.9. The molecule has 0 spiro atoms. The van der Waals surface area contributed by atoms with Crippen molar-refractivity contribution in [3.05, 3.63) is 18.2 Å². The van der Waals surface area contributed by atoms with E-state index in [9.17, 15) is 9.59 Å². The molecule has 0 atom stereocenters. The van der Waals surface area contributed by atoms with Crippen molar-refractivity contribution < 1.29 is 14.3 Å². The number of amides is 2. The van der Waals surface area contributed by atoms with Gasteiger partial charge in [-0.15, -0.1) is 0 Å². The monoisotopic (exact) mass is 298 g/mol. The Morgan fingerprint density at radius 2 is 2.35 bits per heavy atom. The number of carbonyl (C=O) groups excluding carboxylic acids is 2. The summed E-state index contributed by atoms with van der Waals surface area (Å²) < 4.78 is 5.21. The maximum Gasteiger partial charge on any atom is 0.262 e. The third-order valence-electron chi connectivity index (χ3n) is 2.22. The first-order chi connectivity index (χ1) is 8.19. The number of alkyl halides is 1. The molecule has 6 heteroatoms. The smallest absolute Gasteiger partial charge is 0.262 e. The van der Waals surface area contributed by atoms with Gasteiger partial charge in [-0.05, 0) is 18.2 Å². The number of carbonyl (C=O) groups is 2. The van der Waals surface area contributed by atoms with E-state index in [2.05, 4.69) is 26.6 Å². The summed E-state index contributed by atoms with van der Waals surface area (Å²) in [7, 11) is 0. The van der Waals surface area contributed by atoms with Crippen molar-refractivity contribution in [1.82, 2.24) is 0 Å². The second-order valence-corrected chi connectivity index (χ2v) is 4.33. The molecule has 90 valence electrons. The maximum absolute atomic E-state index is 11.4. The van der Waals surface area contributed by atoms with E-state index in [0.29, 0.717) is 28.9 Å². The van der Waals surface area contributed by atoms with Crippen LogP contribution in [-0.4, -0.2) is 23.8 Å². The van der Waals surface area contributed by atoms with Gasteiger partial charge in [-0.2, -0.15) is 0 Å². The summed E-state index contributed by atoms with van der Waals surface area (Å²) in [5.74, 6) is 0.342. The van der Waals surface area contributed by atoms with E-state index < -0.39 is 0 Å². The molecule has 1 aromatic carbocycles. The van der Waals surface area contributed by atoms with Crippen molar-refractivity contribution >= 4 is 39.1 Å². The molecule has 17 heavy (non-hydrogen) atoms. The van der Waals surface area contributed by atoms with Crippen LogP contribution in [0.25, 0.3) is 0 Å². The highest BCUT2D eigenvalue weighted by Crippen LogP contribution is 2.30. The predicted molar refractivity (Wildman–Crippen MR) is 67.6 cm³/mol. The minimum Gasteiger partial charge on any atom is -0.482 e. The van der Waals surface area contributed by atoms with Gasteiger partial charge in [0.1, 0.15) is 5.75 Å². The Morgan fingerprint density at radius 1 is 1.53 bits per heavy atom. The normalized spacial score (nSPS) is 13.4. The van der Waals surface area contributed by atoms with E-state index in [1.54, 1.807) is 18.2 Å². The third kappa shape index (κ3) is 2.97. The van der Waals surface area contributed by atoms with E-state index >= 15 is 0 Å². The Hall–Kier alpha value is -1.56. The van der Waals surface area contributed by atoms with Crippen LogP contribution in [0.5, 0.6) is 5.75 Å². The number of halogens is 1. The lowest BCUT2D eigenvalue weighted by molar-refractivity contribution is -0.118. The molecular formula is C11H11BrN2O3. The number of hydrogen-bond donors (Lipinski definition) is 2. The molecular weight excluding hydrogens is 288 g/mol. The molecule has 1 heterocycles. The Labute approximate surface area is 107 Å². The van der Waals surface area contributed by atoms with Crippen molar-refractivity contribution in [2.75, 3.05) is 22.6 Å². The van der Waals surface area contributed by atoms with Gasteiger partial charge < -0.3 is 15.4 Å². The van der Waals surface area contributed by atoms with Crippen LogP contribution in [0.3, 0.4) is 0 Å². The lowest BCUT2D eigenvalue weighted by Gasteiger charge is -2.18. The molecule has 2 N–H and O–H groups in total. The zero-order valence-corrected chi connectivity index (χ0v) is 10.5. The van der Waals surface area contributed by atoms with Crippen LogP contribution in [0.4, 0.5) is 11.4 Å². The number of rotatable bonds is 3. The number of anilines is 2. The van der Waals surface area contributed by atoms with Gasteiger partial charge in [-0.1, -0.05) is 15.9 Å². The highest BCUT2D eigenvalue weighted by atomic mass is 79.9. The third-order valence-corrected chi connectivity index (χ3v) is 2.61. The van der Waals surface area contributed by atoms with Crippen molar-refractivity contribution in [2.45, 2.75) is 6.42 Å². The van der Waals surface area contributed by atoms with Gasteiger partial charge in [-0.3, -0.25) is 9.59 Å². The van der Waals surface area contributed by atoms with E-state index in [1.807, 2.05) is 0 Å². The van der Waals surface area contributed by atoms with Crippen LogP contribution >= 0.6 is 15.9 Å². The topological polar surface area (TPSA) is 67.4 Å². The molecule has 0 saturated carbocycles. The molecule has 1 aromatic rings. The van der Waals surface area contributed by atoms with Gasteiger partial charge in [0, 0.05) is 17.4 Å². The number of hydrogen-bond acceptors (Lipinski definition) is 3. The maximum atomic E-state index is 11.4. The summed E-state index contributed by atoms with van der Waals surface area (Å²) in [5, 5.41) is 6.03. The highest BCUT2D eigenvalue weighted by molar-refractivity contribution is 9.09. The van der Waals surface area contributed by atoms with Gasteiger partial charge in [0.15, 0.2) is 6.61 Å². The lowest BCUT2D eigenvalue weighted by Crippen LogP contribution is -2.25. The summed E-state index contributed by atoms with van der Waals surface area (Å²) in [6.45, 7) is 0.0301. The number of ether oxygens (including phenoxy) is 1. The average Bonchev–Trinajstić information content (AvgIpc) is 2.28. The molecule has 0 bridgehead atoms. The predicted octanol–water partition coefficient (Wildman–Crippen LogP) is 1.74. The lowest BCUT2D eigenvalue weighted by atomic mass is 10.2. The zero-order valence-electron chi connectivity index (χ0n) is 8.96. The van der Waals surface area contributed by atoms with E-state index in [4.69, 9.17) is 4.74 Å². The van der Waals surface area contributed by atoms with Crippen molar-refractivity contribution in [1.29, 1.82) is 0 Å². The van der Waals surface area contributed by atoms with Crippen LogP contribution in [0.1, 0.15) is 6.42 Å². The van der Waals surface area contributed by atoms with E-state index in [-0.39, 0.29) is 18.4 Å². The highest BCUT2D eigenvalue weighted by Gasteiger charge is 2.16. The van der Waals surface area contributed by atoms with E-state index in [1.165, 1.54) is 0 Å². The summed E-state index contributed by atoms with van der Waals surface area (Å²) >= 11 is 3.19. The summed E-state index contributed by atoms with van der Waals surface area (Å²) in [6, 6.07) is 5.14. The minimum absolute atomic E-state index is 0.0301. The molecule has 2 rings (SSSR count). The summed E-state index contributed by atoms with van der Waals surface area (Å²) in [5.41, 5.74) is 1.22. The molecule has 5 nitrogen and oxygen atoms in total. The SMILES string of the molecule is O=C(CCBr)Nc1ccc2c(c1)NC(=O)CO2. The van der Waals surface area contributed by atoms with Gasteiger partial charge in [0.25, 0.3) is 5.91 Å². The second kappa shape index (κ2) is 5.18. The molecule has 2 amide bonds. The average molecular weight is 299 g/mol. The molecule has 0 saturated heterocycles. The van der Waals surface area contributed by atoms with Gasteiger partial charge in [-0.25, -0.2) is 0 Å². The Morgan fingerprint density at radius 3 is 3.12 bits per heavy atom. The fraction of sp³-hybridized carbons (Fsp3) is 0.273. The van der Waals surface area contributed by atoms with Crippen LogP contribution in [-0.2, 0) is 9.59 Å². The first-order valence-electron chi connectivity index (χ1n) is 5.11. The quantitative estimate of drug-likeness (QED) is 0.835. The number of fused-ring (bicyclic) bond motifs is 1. The van der Waals surface area contributed by atoms with Crippen LogP contribution in [0, 0.1) is 0 Å². The molecule has 0 aliphatic carbocycles. The number of nitrogens with one attached hydrogen (secondary N) is 2. The van der Waals surface area contributed by atoms with Crippen LogP contribution in [0.2, 0.25) is 0 Å². The molecule has 0 aromatic heterocycles. The van der Waals surface area contributed by atoms with Crippen LogP contribution in [0.15, 0.2) is 18.2 Å². The Bertz CT molecular complexity index is 462. The van der Waals surface area contributed by atoms with Crippen molar-refractivity contribution in [3.63, 3.8) is 0 Å². The van der Waals surface area contributed by atoms with Gasteiger partial charge in [0.2, 0.25) is 5.91 Å². The van der Waals surface area contributed by atoms with E-state index in [0.717, 1.165) is 0 Å². The first-order valence-corrected chi connectivity index (χ1v) is 6.23. The molecule has 1 aliphatic heterocycles. The van der Waals surface area contributed by atoms with Gasteiger partial charge in [0.05, 0.1) is 5.69 Å². The largest absolute Gasteiger partial charge is 0.482 e. The fourth-order valence-electron chi connectivity index (χ4n) is 1.47.